The predicted molar refractivity (Wildman–Crippen MR) is 498 cm³/mol. The van der Waals surface area contributed by atoms with Crippen LogP contribution in [0.1, 0.15) is 205 Å². The van der Waals surface area contributed by atoms with Gasteiger partial charge >= 0.3 is 0 Å². The number of aromatic nitrogens is 5. The Kier molecular flexibility index (Phi) is 21.9. The minimum absolute atomic E-state index is 0.00640. The van der Waals surface area contributed by atoms with E-state index in [-0.39, 0.29) is 27.1 Å². The van der Waals surface area contributed by atoms with E-state index in [1.54, 1.807) is 0 Å². The lowest BCUT2D eigenvalue weighted by Crippen LogP contribution is -2.35. The van der Waals surface area contributed by atoms with Gasteiger partial charge in [0.05, 0.1) is 45.1 Å². The third-order valence-electron chi connectivity index (χ3n) is 24.2. The second-order valence-electron chi connectivity index (χ2n) is 39.9. The number of rotatable bonds is 9. The van der Waals surface area contributed by atoms with Gasteiger partial charge in [-0.25, -0.2) is 9.13 Å². The summed E-state index contributed by atoms with van der Waals surface area (Å²) in [5.41, 5.74) is 35.8. The second kappa shape index (κ2) is 31.9. The number of nitrogens with zero attached hydrogens (tertiary/aromatic N) is 5. The van der Waals surface area contributed by atoms with Crippen LogP contribution in [0.4, 0.5) is 0 Å². The fraction of sp³-hybridized carbons (Fsp3) is 0.351. The van der Waals surface area contributed by atoms with Gasteiger partial charge in [-0.1, -0.05) is 218 Å². The molecule has 0 fully saturated rings. The van der Waals surface area contributed by atoms with E-state index >= 15 is 0 Å². The van der Waals surface area contributed by atoms with E-state index in [4.69, 9.17) is 4.11 Å². The Bertz CT molecular complexity index is 6360. The summed E-state index contributed by atoms with van der Waals surface area (Å²) in [7, 11) is 8.34. The zero-order valence-corrected chi connectivity index (χ0v) is 75.6. The smallest absolute Gasteiger partial charge is 0.220 e. The van der Waals surface area contributed by atoms with E-state index in [9.17, 15) is 0 Å². The highest BCUT2D eigenvalue weighted by Crippen LogP contribution is 2.51. The molecule has 0 atom stereocenters. The first-order valence-electron chi connectivity index (χ1n) is 43.8. The molecule has 5 heterocycles. The summed E-state index contributed by atoms with van der Waals surface area (Å²) >= 11 is 0. The van der Waals surface area contributed by atoms with Crippen molar-refractivity contribution in [2.75, 3.05) is 0 Å². The molecule has 0 saturated carbocycles. The molecule has 0 bridgehead atoms. The molecule has 16 rings (SSSR count). The molecule has 0 N–H and O–H groups in total. The minimum Gasteiger partial charge on any atom is -0.338 e. The van der Waals surface area contributed by atoms with Gasteiger partial charge in [0, 0.05) is 71.4 Å². The van der Waals surface area contributed by atoms with E-state index in [0.29, 0.717) is 24.4 Å². The number of hydrogen-bond acceptors (Lipinski definition) is 0. The maximum atomic E-state index is 8.48. The van der Waals surface area contributed by atoms with Crippen LogP contribution in [0.15, 0.2) is 213 Å². The highest BCUT2D eigenvalue weighted by molar-refractivity contribution is 6.10. The lowest BCUT2D eigenvalue weighted by atomic mass is 9.81. The standard InChI is InChI=1S/C32H37N2.C32H36N.C24H30N.C23H28N/c1-20(2)34-29-12-10-9-11-26(29)28-15-21(3)27(18-30(28)34)31-25-14-13-23(19-32(5,6)7)17-24(25)16-22(4)33(31)8;1-20-15-27-25-11-9-10-12-28(25)32(6,7)29(27)18-26(20)30-24-14-13-22(19-31(3,4)5)17-23(24)16-21(2)33(30)8;1-16-12-17(2)18(3)22(13-16)23-21-9-8-19(15-24(4,5)6)14-20(21)10-11-25(23)7;1-16-8-7-9-20(17(16)2)22-21-11-10-18(15-23(3,4)5)14-19(21)12-13-24(22)6/h9-18,20H,19H2,1-8H3;9-18H,19H2,1-8H3;8-14H,15H2,1-7H3;7-14H,15H2,1-6H3/q4*+1/i;;11D;7D,13D. The molecule has 0 aliphatic heterocycles. The van der Waals surface area contributed by atoms with Crippen LogP contribution in [0.3, 0.4) is 0 Å². The normalized spacial score (nSPS) is 13.2. The Balaban J connectivity index is 0.000000138. The van der Waals surface area contributed by atoms with E-state index in [1.165, 1.54) is 166 Å². The Labute approximate surface area is 700 Å². The van der Waals surface area contributed by atoms with Crippen LogP contribution in [0.2, 0.25) is 0 Å². The summed E-state index contributed by atoms with van der Waals surface area (Å²) in [6.45, 7) is 56.3. The summed E-state index contributed by atoms with van der Waals surface area (Å²) in [6, 6.07) is 72.7. The maximum Gasteiger partial charge on any atom is 0.220 e. The first-order valence-corrected chi connectivity index (χ1v) is 42.3. The Morgan fingerprint density at radius 1 is 0.336 bits per heavy atom. The fourth-order valence-electron chi connectivity index (χ4n) is 18.4. The molecular weight excluding hydrogens is 1400 g/mol. The van der Waals surface area contributed by atoms with Crippen molar-refractivity contribution in [1.29, 1.82) is 0 Å². The van der Waals surface area contributed by atoms with Crippen LogP contribution in [-0.4, -0.2) is 4.57 Å². The van der Waals surface area contributed by atoms with Crippen molar-refractivity contribution in [3.05, 3.63) is 296 Å². The average molecular weight is 1540 g/mol. The number of hydrogen-bond donors (Lipinski definition) is 0. The van der Waals surface area contributed by atoms with Gasteiger partial charge < -0.3 is 4.57 Å². The van der Waals surface area contributed by atoms with Crippen LogP contribution < -0.4 is 18.3 Å². The number of fused-ring (bicyclic) bond motifs is 10. The molecular formula is C111H131N5+4. The summed E-state index contributed by atoms with van der Waals surface area (Å²) in [4.78, 5) is 0. The van der Waals surface area contributed by atoms with Gasteiger partial charge in [0.2, 0.25) is 22.8 Å². The van der Waals surface area contributed by atoms with Gasteiger partial charge in [0.25, 0.3) is 0 Å². The molecule has 5 nitrogen and oxygen atoms in total. The van der Waals surface area contributed by atoms with E-state index in [0.717, 1.165) is 64.4 Å². The maximum absolute atomic E-state index is 8.48. The van der Waals surface area contributed by atoms with Crippen LogP contribution in [0.25, 0.3) is 121 Å². The van der Waals surface area contributed by atoms with Crippen LogP contribution in [0, 0.1) is 84.0 Å². The zero-order chi connectivity index (χ0) is 86.5. The summed E-state index contributed by atoms with van der Waals surface area (Å²) < 4.78 is 36.2. The number of para-hydroxylation sites is 1. The Morgan fingerprint density at radius 3 is 1.26 bits per heavy atom. The van der Waals surface area contributed by atoms with Crippen LogP contribution in [-0.2, 0) is 59.3 Å². The van der Waals surface area contributed by atoms with Gasteiger partial charge in [0.15, 0.2) is 23.7 Å². The number of aryl methyl sites for hydroxylation is 7. The largest absolute Gasteiger partial charge is 0.338 e. The van der Waals surface area contributed by atoms with Crippen molar-refractivity contribution in [1.82, 2.24) is 4.57 Å². The highest BCUT2D eigenvalue weighted by atomic mass is 15.0. The predicted octanol–water partition coefficient (Wildman–Crippen LogP) is 27.5. The molecule has 0 radical (unpaired) electrons. The van der Waals surface area contributed by atoms with E-state index < -0.39 is 0 Å². The van der Waals surface area contributed by atoms with Gasteiger partial charge in [0.1, 0.15) is 30.9 Å². The molecule has 0 saturated heterocycles. The minimum atomic E-state index is 0.00640. The molecule has 5 aromatic heterocycles. The molecule has 0 spiro atoms. The first-order chi connectivity index (χ1) is 55.6. The number of benzene rings is 10. The molecule has 1 aliphatic carbocycles. The third-order valence-corrected chi connectivity index (χ3v) is 24.2. The van der Waals surface area contributed by atoms with Crippen molar-refractivity contribution in [2.45, 2.75) is 210 Å². The zero-order valence-electron chi connectivity index (χ0n) is 78.6. The molecule has 0 amide bonds. The molecule has 5 heteroatoms. The monoisotopic (exact) mass is 1540 g/mol. The van der Waals surface area contributed by atoms with Gasteiger partial charge in [-0.05, 0) is 270 Å². The highest BCUT2D eigenvalue weighted by Gasteiger charge is 2.37. The van der Waals surface area contributed by atoms with Crippen molar-refractivity contribution in [2.24, 2.45) is 49.9 Å². The Morgan fingerprint density at radius 2 is 0.767 bits per heavy atom. The Hall–Kier alpha value is -10.4. The molecule has 0 unspecified atom stereocenters. The molecule has 10 aromatic carbocycles. The lowest BCUT2D eigenvalue weighted by molar-refractivity contribution is -0.665. The van der Waals surface area contributed by atoms with Crippen LogP contribution >= 0.6 is 0 Å². The average Bonchev–Trinajstić information content (AvgIpc) is 1.51. The quantitative estimate of drug-likeness (QED) is 0.128. The molecule has 15 aromatic rings. The van der Waals surface area contributed by atoms with E-state index in [2.05, 4.69) is 364 Å². The topological polar surface area (TPSA) is 20.4 Å². The fourth-order valence-corrected chi connectivity index (χ4v) is 18.4. The lowest BCUT2D eigenvalue weighted by Gasteiger charge is -2.22. The van der Waals surface area contributed by atoms with Gasteiger partial charge in [-0.2, -0.15) is 9.13 Å². The molecule has 1 aliphatic rings. The SMILES string of the molecule is Cc1cc2c(cc1-c1c3ccc(CC(C)(C)C)cc3cc(C)[n+]1C)C(C)(C)c1ccccc1-2.Cc1cc2c3ccccc3n(C(C)C)c2cc1-c1c2ccc(CC(C)(C)C)cc2cc(C)[n+]1C.[2H]c1cc(C)c(C)c(-c2c3ccc(CC(C)(C)C)cc3cc([2H])[n+]2C)c1.[2H]c1cc2cc(CC(C)(C)C)ccc2c(-c2cc(C)cc(C)c2C)[n+]1C. The van der Waals surface area contributed by atoms with Crippen molar-refractivity contribution < 1.29 is 22.4 Å². The van der Waals surface area contributed by atoms with Gasteiger partial charge in [-0.3, -0.25) is 0 Å². The van der Waals surface area contributed by atoms with Crippen molar-refractivity contribution in [3.8, 4) is 56.2 Å². The molecule has 116 heavy (non-hydrogen) atoms. The van der Waals surface area contributed by atoms with Crippen molar-refractivity contribution in [3.63, 3.8) is 0 Å². The summed E-state index contributed by atoms with van der Waals surface area (Å²) in [5, 5.41) is 12.6. The number of pyridine rings is 4. The first kappa shape index (κ1) is 79.5. The van der Waals surface area contributed by atoms with Gasteiger partial charge in [-0.15, -0.1) is 0 Å². The van der Waals surface area contributed by atoms with E-state index in [1.807, 2.05) is 54.4 Å². The second-order valence-corrected chi connectivity index (χ2v) is 39.9. The summed E-state index contributed by atoms with van der Waals surface area (Å²) in [6.07, 6.45) is 5.23. The molecule has 596 valence electrons. The van der Waals surface area contributed by atoms with Crippen molar-refractivity contribution >= 4 is 64.9 Å². The summed E-state index contributed by atoms with van der Waals surface area (Å²) in [5.74, 6) is 0. The third kappa shape index (κ3) is 17.2. The van der Waals surface area contributed by atoms with Crippen LogP contribution in [0.5, 0.6) is 0 Å².